The Hall–Kier alpha value is -3.70. The molecule has 1 aromatic carbocycles. The Bertz CT molecular complexity index is 1220. The van der Waals surface area contributed by atoms with Crippen molar-refractivity contribution >= 4 is 40.8 Å². The van der Waals surface area contributed by atoms with Gasteiger partial charge in [-0.2, -0.15) is 4.98 Å². The largest absolute Gasteiger partial charge is 0.465 e. The molecule has 0 unspecified atom stereocenters. The molecule has 37 heavy (non-hydrogen) atoms. The van der Waals surface area contributed by atoms with Crippen LogP contribution in [-0.2, 0) is 11.3 Å². The minimum Gasteiger partial charge on any atom is -0.465 e. The second kappa shape index (κ2) is 12.0. The molecule has 4 rings (SSSR count). The first-order chi connectivity index (χ1) is 17.9. The molecule has 0 fully saturated rings. The quantitative estimate of drug-likeness (QED) is 0.403. The van der Waals surface area contributed by atoms with E-state index in [2.05, 4.69) is 15.3 Å². The zero-order valence-corrected chi connectivity index (χ0v) is 22.1. The molecular formula is C26H32N6O4S. The Morgan fingerprint density at radius 1 is 1.30 bits per heavy atom. The fourth-order valence-electron chi connectivity index (χ4n) is 4.11. The van der Waals surface area contributed by atoms with Crippen molar-refractivity contribution in [1.82, 2.24) is 14.9 Å². The zero-order chi connectivity index (χ0) is 26.4. The summed E-state index contributed by atoms with van der Waals surface area (Å²) < 4.78 is 6.26. The van der Waals surface area contributed by atoms with Crippen LogP contribution in [0.15, 0.2) is 48.0 Å². The van der Waals surface area contributed by atoms with Crippen molar-refractivity contribution in [2.75, 3.05) is 55.4 Å². The molecule has 0 bridgehead atoms. The van der Waals surface area contributed by atoms with Crippen LogP contribution in [0.2, 0.25) is 0 Å². The first-order valence-electron chi connectivity index (χ1n) is 12.2. The highest BCUT2D eigenvalue weighted by Crippen LogP contribution is 2.29. The number of carbonyl (C=O) groups is 2. The summed E-state index contributed by atoms with van der Waals surface area (Å²) in [5, 5.41) is 14.3. The maximum Gasteiger partial charge on any atom is 0.407 e. The number of benzene rings is 1. The molecular weight excluding hydrogens is 492 g/mol. The molecule has 196 valence electrons. The maximum absolute atomic E-state index is 13.5. The normalized spacial score (nSPS) is 14.2. The summed E-state index contributed by atoms with van der Waals surface area (Å²) in [4.78, 5) is 39.6. The van der Waals surface area contributed by atoms with Crippen LogP contribution in [-0.4, -0.2) is 72.2 Å². The summed E-state index contributed by atoms with van der Waals surface area (Å²) in [7, 11) is 3.48. The third-order valence-electron chi connectivity index (χ3n) is 6.19. The van der Waals surface area contributed by atoms with Gasteiger partial charge in [0.05, 0.1) is 12.7 Å². The second-order valence-electron chi connectivity index (χ2n) is 8.82. The number of carboxylic acid groups (broad SMARTS) is 1. The van der Waals surface area contributed by atoms with E-state index in [1.807, 2.05) is 60.6 Å². The number of fused-ring (bicyclic) bond motifs is 1. The van der Waals surface area contributed by atoms with Crippen LogP contribution in [0, 0.1) is 0 Å². The van der Waals surface area contributed by atoms with Crippen LogP contribution in [0.3, 0.4) is 0 Å². The second-order valence-corrected chi connectivity index (χ2v) is 9.80. The summed E-state index contributed by atoms with van der Waals surface area (Å²) in [6.07, 6.45) is 0.944. The Balaban J connectivity index is 1.50. The van der Waals surface area contributed by atoms with Gasteiger partial charge in [0.25, 0.3) is 5.91 Å². The van der Waals surface area contributed by atoms with Gasteiger partial charge in [-0.05, 0) is 42.5 Å². The molecule has 2 amide bonds. The molecule has 11 heteroatoms. The molecule has 3 heterocycles. The maximum atomic E-state index is 13.5. The number of hydrogen-bond acceptors (Lipinski definition) is 8. The van der Waals surface area contributed by atoms with Crippen LogP contribution >= 0.6 is 11.3 Å². The van der Waals surface area contributed by atoms with Crippen LogP contribution in [0.4, 0.5) is 22.2 Å². The van der Waals surface area contributed by atoms with Gasteiger partial charge in [-0.15, -0.1) is 11.3 Å². The summed E-state index contributed by atoms with van der Waals surface area (Å²) in [6, 6.07) is 11.7. The molecule has 2 N–H and O–H groups in total. The number of rotatable bonds is 10. The number of likely N-dealkylation sites (N-methyl/N-ethyl adjacent to an activating group) is 1. The monoisotopic (exact) mass is 524 g/mol. The van der Waals surface area contributed by atoms with Crippen LogP contribution in [0.25, 0.3) is 0 Å². The van der Waals surface area contributed by atoms with E-state index in [0.29, 0.717) is 56.5 Å². The van der Waals surface area contributed by atoms with Gasteiger partial charge in [0.15, 0.2) is 0 Å². The fraction of sp³-hybridized carbons (Fsp3) is 0.385. The highest BCUT2D eigenvalue weighted by atomic mass is 32.1. The van der Waals surface area contributed by atoms with Gasteiger partial charge in [-0.25, -0.2) is 9.78 Å². The minimum absolute atomic E-state index is 0.145. The predicted octanol–water partition coefficient (Wildman–Crippen LogP) is 4.32. The summed E-state index contributed by atoms with van der Waals surface area (Å²) in [6.45, 7) is 4.50. The molecule has 0 aliphatic carbocycles. The standard InChI is InChI=1S/C26H32N6O4S/c1-4-27-25-28-16-20-23(29-25)30(2)12-13-32(24(20)33)19-8-5-7-18(15-19)17-36-21(22-9-6-14-37-22)10-11-31(3)26(34)35/h5-9,14-16,21H,4,10-13,17H2,1-3H3,(H,34,35)(H,27,28,29)/t21-/m1/s1. The van der Waals surface area contributed by atoms with Crippen LogP contribution < -0.4 is 15.1 Å². The molecule has 2 aromatic heterocycles. The smallest absolute Gasteiger partial charge is 0.407 e. The number of anilines is 3. The minimum atomic E-state index is -0.963. The zero-order valence-electron chi connectivity index (χ0n) is 21.3. The van der Waals surface area contributed by atoms with Gasteiger partial charge in [0.2, 0.25) is 5.95 Å². The average molecular weight is 525 g/mol. The van der Waals surface area contributed by atoms with Crippen molar-refractivity contribution in [1.29, 1.82) is 0 Å². The topological polar surface area (TPSA) is 111 Å². The van der Waals surface area contributed by atoms with E-state index < -0.39 is 6.09 Å². The van der Waals surface area contributed by atoms with Crippen molar-refractivity contribution in [3.05, 3.63) is 64.0 Å². The van der Waals surface area contributed by atoms with Gasteiger partial charge < -0.3 is 29.9 Å². The Kier molecular flexibility index (Phi) is 8.57. The van der Waals surface area contributed by atoms with Gasteiger partial charge in [-0.3, -0.25) is 4.79 Å². The number of hydrogen-bond donors (Lipinski definition) is 2. The van der Waals surface area contributed by atoms with E-state index in [-0.39, 0.29) is 12.0 Å². The Morgan fingerprint density at radius 3 is 2.86 bits per heavy atom. The number of thiophene rings is 1. The van der Waals surface area contributed by atoms with Crippen molar-refractivity contribution in [2.45, 2.75) is 26.1 Å². The van der Waals surface area contributed by atoms with E-state index in [1.165, 1.54) is 4.90 Å². The molecule has 1 atom stereocenters. The van der Waals surface area contributed by atoms with E-state index >= 15 is 0 Å². The Labute approximate surface area is 220 Å². The first-order valence-corrected chi connectivity index (χ1v) is 13.1. The lowest BCUT2D eigenvalue weighted by atomic mass is 10.1. The highest BCUT2D eigenvalue weighted by molar-refractivity contribution is 7.10. The number of amides is 2. The third kappa shape index (κ3) is 6.36. The third-order valence-corrected chi connectivity index (χ3v) is 7.15. The lowest BCUT2D eigenvalue weighted by molar-refractivity contribution is 0.0310. The van der Waals surface area contributed by atoms with Crippen molar-refractivity contribution in [2.24, 2.45) is 0 Å². The van der Waals surface area contributed by atoms with E-state index in [9.17, 15) is 14.7 Å². The van der Waals surface area contributed by atoms with Gasteiger partial charge in [0, 0.05) is 57.0 Å². The number of carbonyl (C=O) groups excluding carboxylic acids is 1. The predicted molar refractivity (Wildman–Crippen MR) is 145 cm³/mol. The fourth-order valence-corrected chi connectivity index (χ4v) is 4.92. The number of aromatic nitrogens is 2. The molecule has 0 saturated heterocycles. The van der Waals surface area contributed by atoms with E-state index in [1.54, 1.807) is 29.5 Å². The molecule has 0 radical (unpaired) electrons. The molecule has 0 spiro atoms. The van der Waals surface area contributed by atoms with Crippen molar-refractivity contribution < 1.29 is 19.4 Å². The van der Waals surface area contributed by atoms with Crippen LogP contribution in [0.1, 0.15) is 40.2 Å². The number of ether oxygens (including phenoxy) is 1. The molecule has 0 saturated carbocycles. The summed E-state index contributed by atoms with van der Waals surface area (Å²) in [5.74, 6) is 0.972. The lowest BCUT2D eigenvalue weighted by Gasteiger charge is -2.23. The van der Waals surface area contributed by atoms with Crippen molar-refractivity contribution in [3.63, 3.8) is 0 Å². The number of nitrogens with zero attached hydrogens (tertiary/aromatic N) is 5. The summed E-state index contributed by atoms with van der Waals surface area (Å²) >= 11 is 1.59. The first kappa shape index (κ1) is 26.4. The Morgan fingerprint density at radius 2 is 2.14 bits per heavy atom. The van der Waals surface area contributed by atoms with Gasteiger partial charge >= 0.3 is 6.09 Å². The SMILES string of the molecule is CCNc1ncc2c(n1)N(C)CCN(c1cccc(CO[C@H](CCN(C)C(=O)O)c3cccs3)c1)C2=O. The van der Waals surface area contributed by atoms with Crippen molar-refractivity contribution in [3.8, 4) is 0 Å². The van der Waals surface area contributed by atoms with Crippen LogP contribution in [0.5, 0.6) is 0 Å². The molecule has 10 nitrogen and oxygen atoms in total. The van der Waals surface area contributed by atoms with E-state index in [4.69, 9.17) is 4.74 Å². The molecule has 3 aromatic rings. The van der Waals surface area contributed by atoms with Gasteiger partial charge in [0.1, 0.15) is 11.4 Å². The highest BCUT2D eigenvalue weighted by Gasteiger charge is 2.28. The molecule has 1 aliphatic rings. The lowest BCUT2D eigenvalue weighted by Crippen LogP contribution is -2.33. The summed E-state index contributed by atoms with van der Waals surface area (Å²) in [5.41, 5.74) is 2.17. The van der Waals surface area contributed by atoms with E-state index in [0.717, 1.165) is 16.1 Å². The number of nitrogens with one attached hydrogen (secondary N) is 1. The van der Waals surface area contributed by atoms with Gasteiger partial charge in [-0.1, -0.05) is 18.2 Å². The average Bonchev–Trinajstić information content (AvgIpc) is 3.40. The molecule has 1 aliphatic heterocycles.